The molecular formula is C13H7ClF3NO. The second-order valence-corrected chi connectivity index (χ2v) is 4.11. The Balaban J connectivity index is 2.31. The molecule has 0 heterocycles. The molecule has 0 saturated heterocycles. The topological polar surface area (TPSA) is 29.1 Å². The lowest BCUT2D eigenvalue weighted by atomic mass is 10.1. The van der Waals surface area contributed by atoms with Crippen LogP contribution in [-0.4, -0.2) is 5.91 Å². The molecule has 0 aliphatic rings. The van der Waals surface area contributed by atoms with E-state index in [4.69, 9.17) is 11.6 Å². The van der Waals surface area contributed by atoms with Crippen LogP contribution in [0, 0.1) is 17.5 Å². The van der Waals surface area contributed by atoms with Crippen molar-refractivity contribution in [3.8, 4) is 0 Å². The van der Waals surface area contributed by atoms with Gasteiger partial charge in [0.2, 0.25) is 0 Å². The van der Waals surface area contributed by atoms with Gasteiger partial charge in [0.05, 0.1) is 5.69 Å². The van der Waals surface area contributed by atoms with E-state index in [0.29, 0.717) is 0 Å². The molecule has 1 N–H and O–H groups in total. The van der Waals surface area contributed by atoms with E-state index in [1.165, 1.54) is 12.1 Å². The minimum Gasteiger partial charge on any atom is -0.319 e. The fraction of sp³-hybridized carbons (Fsp3) is 0. The molecule has 2 aromatic carbocycles. The van der Waals surface area contributed by atoms with Gasteiger partial charge in [0, 0.05) is 5.02 Å². The maximum atomic E-state index is 13.4. The number of hydrogen-bond acceptors (Lipinski definition) is 1. The Morgan fingerprint density at radius 2 is 1.63 bits per heavy atom. The monoisotopic (exact) mass is 285 g/mol. The average Bonchev–Trinajstić information content (AvgIpc) is 2.32. The molecule has 0 aromatic heterocycles. The van der Waals surface area contributed by atoms with Crippen LogP contribution in [0.3, 0.4) is 0 Å². The Morgan fingerprint density at radius 3 is 2.21 bits per heavy atom. The quantitative estimate of drug-likeness (QED) is 0.887. The minimum absolute atomic E-state index is 0.146. The van der Waals surface area contributed by atoms with E-state index in [-0.39, 0.29) is 10.7 Å². The van der Waals surface area contributed by atoms with Gasteiger partial charge in [-0.15, -0.1) is 0 Å². The summed E-state index contributed by atoms with van der Waals surface area (Å²) in [6.45, 7) is 0. The zero-order valence-electron chi connectivity index (χ0n) is 9.38. The second-order valence-electron chi connectivity index (χ2n) is 3.67. The summed E-state index contributed by atoms with van der Waals surface area (Å²) in [5, 5.41) is 2.23. The number of carbonyl (C=O) groups is 1. The smallest absolute Gasteiger partial charge is 0.261 e. The van der Waals surface area contributed by atoms with Crippen LogP contribution in [0.1, 0.15) is 10.4 Å². The molecule has 0 atom stereocenters. The number of halogens is 4. The van der Waals surface area contributed by atoms with Crippen LogP contribution >= 0.6 is 11.6 Å². The van der Waals surface area contributed by atoms with Gasteiger partial charge in [-0.2, -0.15) is 0 Å². The molecule has 0 aliphatic heterocycles. The first-order chi connectivity index (χ1) is 8.99. The Bertz CT molecular complexity index is 626. The van der Waals surface area contributed by atoms with Crippen LogP contribution in [0.4, 0.5) is 18.9 Å². The van der Waals surface area contributed by atoms with Gasteiger partial charge < -0.3 is 5.32 Å². The summed E-state index contributed by atoms with van der Waals surface area (Å²) in [6.07, 6.45) is 0. The molecule has 0 aliphatic carbocycles. The highest BCUT2D eigenvalue weighted by molar-refractivity contribution is 6.30. The van der Waals surface area contributed by atoms with Crippen molar-refractivity contribution in [1.29, 1.82) is 0 Å². The SMILES string of the molecule is O=C(Nc1ccc(Cl)cc1F)c1c(F)cccc1F. The summed E-state index contributed by atoms with van der Waals surface area (Å²) in [6, 6.07) is 6.54. The molecule has 0 saturated carbocycles. The molecule has 0 bridgehead atoms. The molecule has 0 spiro atoms. The van der Waals surface area contributed by atoms with Crippen LogP contribution in [0.2, 0.25) is 5.02 Å². The van der Waals surface area contributed by atoms with Crippen molar-refractivity contribution in [3.63, 3.8) is 0 Å². The third kappa shape index (κ3) is 2.88. The number of carbonyl (C=O) groups excluding carboxylic acids is 1. The third-order valence-electron chi connectivity index (χ3n) is 2.37. The van der Waals surface area contributed by atoms with E-state index in [2.05, 4.69) is 5.32 Å². The highest BCUT2D eigenvalue weighted by atomic mass is 35.5. The van der Waals surface area contributed by atoms with Gasteiger partial charge in [0.1, 0.15) is 23.0 Å². The molecule has 0 fully saturated rings. The minimum atomic E-state index is -1.07. The van der Waals surface area contributed by atoms with Crippen molar-refractivity contribution in [2.24, 2.45) is 0 Å². The van der Waals surface area contributed by atoms with E-state index in [1.54, 1.807) is 0 Å². The number of benzene rings is 2. The molecule has 0 unspecified atom stereocenters. The first-order valence-corrected chi connectivity index (χ1v) is 5.57. The zero-order chi connectivity index (χ0) is 14.0. The second kappa shape index (κ2) is 5.32. The summed E-state index contributed by atoms with van der Waals surface area (Å²) in [7, 11) is 0. The summed E-state index contributed by atoms with van der Waals surface area (Å²) >= 11 is 5.55. The van der Waals surface area contributed by atoms with E-state index in [1.807, 2.05) is 0 Å². The van der Waals surface area contributed by atoms with Gasteiger partial charge in [-0.05, 0) is 30.3 Å². The van der Waals surface area contributed by atoms with Gasteiger partial charge in [-0.3, -0.25) is 4.79 Å². The molecule has 1 amide bonds. The molecular weight excluding hydrogens is 279 g/mol. The van der Waals surface area contributed by atoms with Crippen LogP contribution in [0.25, 0.3) is 0 Å². The number of anilines is 1. The first-order valence-electron chi connectivity index (χ1n) is 5.19. The lowest BCUT2D eigenvalue weighted by Crippen LogP contribution is -2.16. The van der Waals surface area contributed by atoms with E-state index >= 15 is 0 Å². The molecule has 98 valence electrons. The number of nitrogens with one attached hydrogen (secondary N) is 1. The number of rotatable bonds is 2. The van der Waals surface area contributed by atoms with Gasteiger partial charge >= 0.3 is 0 Å². The summed E-state index contributed by atoms with van der Waals surface area (Å²) in [5.74, 6) is -3.91. The Hall–Kier alpha value is -2.01. The Labute approximate surface area is 111 Å². The van der Waals surface area contributed by atoms with Gasteiger partial charge in [0.15, 0.2) is 0 Å². The van der Waals surface area contributed by atoms with Crippen molar-refractivity contribution in [3.05, 3.63) is 64.4 Å². The maximum Gasteiger partial charge on any atom is 0.261 e. The van der Waals surface area contributed by atoms with Crippen molar-refractivity contribution in [2.45, 2.75) is 0 Å². The normalized spacial score (nSPS) is 10.3. The number of hydrogen-bond donors (Lipinski definition) is 1. The van der Waals surface area contributed by atoms with Gasteiger partial charge in [-0.1, -0.05) is 17.7 Å². The highest BCUT2D eigenvalue weighted by Gasteiger charge is 2.18. The summed E-state index contributed by atoms with van der Waals surface area (Å²) in [4.78, 5) is 11.7. The predicted octanol–water partition coefficient (Wildman–Crippen LogP) is 4.01. The van der Waals surface area contributed by atoms with E-state index in [0.717, 1.165) is 24.3 Å². The van der Waals surface area contributed by atoms with Gasteiger partial charge in [-0.25, -0.2) is 13.2 Å². The number of amides is 1. The molecule has 6 heteroatoms. The summed E-state index contributed by atoms with van der Waals surface area (Å²) < 4.78 is 40.1. The predicted molar refractivity (Wildman–Crippen MR) is 65.7 cm³/mol. The summed E-state index contributed by atoms with van der Waals surface area (Å²) in [5.41, 5.74) is -0.978. The fourth-order valence-electron chi connectivity index (χ4n) is 1.49. The maximum absolute atomic E-state index is 13.4. The van der Waals surface area contributed by atoms with Crippen molar-refractivity contribution >= 4 is 23.2 Å². The van der Waals surface area contributed by atoms with Gasteiger partial charge in [0.25, 0.3) is 5.91 Å². The van der Waals surface area contributed by atoms with Crippen molar-refractivity contribution in [1.82, 2.24) is 0 Å². The largest absolute Gasteiger partial charge is 0.319 e. The standard InChI is InChI=1S/C13H7ClF3NO/c14-7-4-5-11(10(17)6-7)18-13(19)12-8(15)2-1-3-9(12)16/h1-6H,(H,18,19). The van der Waals surface area contributed by atoms with Crippen molar-refractivity contribution in [2.75, 3.05) is 5.32 Å². The average molecular weight is 286 g/mol. The molecule has 2 rings (SSSR count). The van der Waals surface area contributed by atoms with Crippen molar-refractivity contribution < 1.29 is 18.0 Å². The van der Waals surface area contributed by atoms with E-state index in [9.17, 15) is 18.0 Å². The fourth-order valence-corrected chi connectivity index (χ4v) is 1.65. The lowest BCUT2D eigenvalue weighted by Gasteiger charge is -2.08. The molecule has 2 aromatic rings. The zero-order valence-corrected chi connectivity index (χ0v) is 10.1. The van der Waals surface area contributed by atoms with Crippen LogP contribution in [-0.2, 0) is 0 Å². The van der Waals surface area contributed by atoms with E-state index < -0.39 is 28.9 Å². The third-order valence-corrected chi connectivity index (χ3v) is 2.60. The Kier molecular flexibility index (Phi) is 3.76. The molecule has 0 radical (unpaired) electrons. The van der Waals surface area contributed by atoms with Crippen LogP contribution in [0.5, 0.6) is 0 Å². The highest BCUT2D eigenvalue weighted by Crippen LogP contribution is 2.20. The lowest BCUT2D eigenvalue weighted by molar-refractivity contribution is 0.101. The van der Waals surface area contributed by atoms with Crippen LogP contribution in [0.15, 0.2) is 36.4 Å². The first kappa shape index (κ1) is 13.4. The molecule has 2 nitrogen and oxygen atoms in total. The van der Waals surface area contributed by atoms with Crippen LogP contribution < -0.4 is 5.32 Å². The molecule has 19 heavy (non-hydrogen) atoms. The Morgan fingerprint density at radius 1 is 1.00 bits per heavy atom.